The van der Waals surface area contributed by atoms with Gasteiger partial charge in [-0.3, -0.25) is 14.4 Å². The molecule has 140 valence electrons. The SMILES string of the molecule is CC(C)(C(=O)O)c1ccc(NC(=O)c2cc3c(cc2F)NC(=O)CC3)cc1. The quantitative estimate of drug-likeness (QED) is 0.769. The van der Waals surface area contributed by atoms with Gasteiger partial charge in [0.2, 0.25) is 5.91 Å². The third-order valence-corrected chi connectivity index (χ3v) is 4.73. The fraction of sp³-hybridized carbons (Fsp3) is 0.250. The molecule has 3 N–H and O–H groups in total. The summed E-state index contributed by atoms with van der Waals surface area (Å²) in [7, 11) is 0. The van der Waals surface area contributed by atoms with Gasteiger partial charge in [0.1, 0.15) is 5.82 Å². The number of anilines is 2. The van der Waals surface area contributed by atoms with Crippen molar-refractivity contribution in [3.05, 3.63) is 58.9 Å². The number of carboxylic acid groups (broad SMARTS) is 1. The number of aryl methyl sites for hydroxylation is 1. The Hall–Kier alpha value is -3.22. The van der Waals surface area contributed by atoms with Gasteiger partial charge < -0.3 is 15.7 Å². The third-order valence-electron chi connectivity index (χ3n) is 4.73. The summed E-state index contributed by atoms with van der Waals surface area (Å²) in [6.07, 6.45) is 0.737. The maximum atomic E-state index is 14.3. The van der Waals surface area contributed by atoms with Crippen LogP contribution in [0.15, 0.2) is 36.4 Å². The van der Waals surface area contributed by atoms with E-state index in [-0.39, 0.29) is 11.5 Å². The smallest absolute Gasteiger partial charge is 0.313 e. The second-order valence-corrected chi connectivity index (χ2v) is 7.00. The molecule has 0 saturated heterocycles. The summed E-state index contributed by atoms with van der Waals surface area (Å²) in [5, 5.41) is 14.5. The number of carbonyl (C=O) groups is 3. The highest BCUT2D eigenvalue weighted by Crippen LogP contribution is 2.27. The zero-order valence-corrected chi connectivity index (χ0v) is 14.9. The molecule has 2 aromatic rings. The summed E-state index contributed by atoms with van der Waals surface area (Å²) in [6, 6.07) is 8.98. The van der Waals surface area contributed by atoms with E-state index in [9.17, 15) is 23.9 Å². The highest BCUT2D eigenvalue weighted by atomic mass is 19.1. The van der Waals surface area contributed by atoms with Crippen LogP contribution in [0, 0.1) is 5.82 Å². The molecule has 1 aliphatic rings. The number of aliphatic carboxylic acids is 1. The van der Waals surface area contributed by atoms with Gasteiger partial charge in [-0.1, -0.05) is 12.1 Å². The normalized spacial score (nSPS) is 13.5. The molecule has 7 heteroatoms. The highest BCUT2D eigenvalue weighted by Gasteiger charge is 2.29. The number of fused-ring (bicyclic) bond motifs is 1. The van der Waals surface area contributed by atoms with Gasteiger partial charge in [-0.2, -0.15) is 0 Å². The van der Waals surface area contributed by atoms with Crippen molar-refractivity contribution in [1.82, 2.24) is 0 Å². The van der Waals surface area contributed by atoms with Gasteiger partial charge in [-0.15, -0.1) is 0 Å². The Labute approximate surface area is 155 Å². The molecule has 1 heterocycles. The Morgan fingerprint density at radius 3 is 2.44 bits per heavy atom. The minimum absolute atomic E-state index is 0.111. The van der Waals surface area contributed by atoms with E-state index in [2.05, 4.69) is 10.6 Å². The Morgan fingerprint density at radius 2 is 1.81 bits per heavy atom. The molecule has 3 rings (SSSR count). The number of benzene rings is 2. The minimum atomic E-state index is -1.06. The molecule has 2 aromatic carbocycles. The van der Waals surface area contributed by atoms with Crippen LogP contribution in [0.4, 0.5) is 15.8 Å². The highest BCUT2D eigenvalue weighted by molar-refractivity contribution is 6.05. The predicted octanol–water partition coefficient (Wildman–Crippen LogP) is 3.32. The summed E-state index contributed by atoms with van der Waals surface area (Å²) in [6.45, 7) is 3.17. The van der Waals surface area contributed by atoms with E-state index in [1.54, 1.807) is 38.1 Å². The van der Waals surface area contributed by atoms with Crippen molar-refractivity contribution < 1.29 is 23.9 Å². The van der Waals surface area contributed by atoms with Crippen LogP contribution < -0.4 is 10.6 Å². The van der Waals surface area contributed by atoms with Gasteiger partial charge in [-0.05, 0) is 55.7 Å². The molecule has 0 atom stereocenters. The number of halogens is 1. The van der Waals surface area contributed by atoms with Crippen LogP contribution in [0.5, 0.6) is 0 Å². The maximum Gasteiger partial charge on any atom is 0.313 e. The fourth-order valence-electron chi connectivity index (χ4n) is 2.87. The summed E-state index contributed by atoms with van der Waals surface area (Å²) in [5.74, 6) is -2.47. The monoisotopic (exact) mass is 370 g/mol. The lowest BCUT2D eigenvalue weighted by Crippen LogP contribution is -2.28. The zero-order valence-electron chi connectivity index (χ0n) is 14.9. The van der Waals surface area contributed by atoms with E-state index in [1.807, 2.05) is 0 Å². The Bertz CT molecular complexity index is 936. The predicted molar refractivity (Wildman–Crippen MR) is 98.4 cm³/mol. The van der Waals surface area contributed by atoms with Crippen molar-refractivity contribution in [3.8, 4) is 0 Å². The van der Waals surface area contributed by atoms with Crippen molar-refractivity contribution in [2.24, 2.45) is 0 Å². The summed E-state index contributed by atoms with van der Waals surface area (Å²) >= 11 is 0. The second kappa shape index (κ2) is 6.83. The van der Waals surface area contributed by atoms with Crippen LogP contribution in [-0.2, 0) is 21.4 Å². The lowest BCUT2D eigenvalue weighted by atomic mass is 9.85. The van der Waals surface area contributed by atoms with Crippen LogP contribution in [-0.4, -0.2) is 22.9 Å². The first-order chi connectivity index (χ1) is 12.7. The van der Waals surface area contributed by atoms with Crippen LogP contribution in [0.3, 0.4) is 0 Å². The maximum absolute atomic E-state index is 14.3. The van der Waals surface area contributed by atoms with Crippen molar-refractivity contribution in [2.45, 2.75) is 32.1 Å². The Kier molecular flexibility index (Phi) is 4.70. The second-order valence-electron chi connectivity index (χ2n) is 7.00. The Morgan fingerprint density at radius 1 is 1.15 bits per heavy atom. The van der Waals surface area contributed by atoms with Crippen molar-refractivity contribution in [2.75, 3.05) is 10.6 Å². The molecule has 0 aliphatic carbocycles. The molecular weight excluding hydrogens is 351 g/mol. The number of carboxylic acids is 1. The summed E-state index contributed by atoms with van der Waals surface area (Å²) in [4.78, 5) is 35.1. The summed E-state index contributed by atoms with van der Waals surface area (Å²) in [5.41, 5.74) is 0.941. The van der Waals surface area contributed by atoms with Gasteiger partial charge in [0.25, 0.3) is 5.91 Å². The molecule has 0 aromatic heterocycles. The third kappa shape index (κ3) is 3.67. The number of nitrogens with one attached hydrogen (secondary N) is 2. The molecule has 27 heavy (non-hydrogen) atoms. The van der Waals surface area contributed by atoms with Gasteiger partial charge in [0, 0.05) is 17.8 Å². The first-order valence-electron chi connectivity index (χ1n) is 8.46. The lowest BCUT2D eigenvalue weighted by Gasteiger charge is -2.20. The molecule has 0 spiro atoms. The van der Waals surface area contributed by atoms with Crippen LogP contribution in [0.25, 0.3) is 0 Å². The van der Waals surface area contributed by atoms with Crippen molar-refractivity contribution in [3.63, 3.8) is 0 Å². The fourth-order valence-corrected chi connectivity index (χ4v) is 2.87. The summed E-state index contributed by atoms with van der Waals surface area (Å²) < 4.78 is 14.3. The largest absolute Gasteiger partial charge is 0.481 e. The van der Waals surface area contributed by atoms with E-state index in [0.717, 1.165) is 6.07 Å². The molecule has 0 saturated carbocycles. The van der Waals surface area contributed by atoms with E-state index >= 15 is 0 Å². The average Bonchev–Trinajstić information content (AvgIpc) is 2.61. The molecule has 0 fully saturated rings. The van der Waals surface area contributed by atoms with Crippen LogP contribution in [0.2, 0.25) is 0 Å². The number of amides is 2. The first-order valence-corrected chi connectivity index (χ1v) is 8.46. The molecular formula is C20H19FN2O4. The molecule has 0 unspecified atom stereocenters. The van der Waals surface area contributed by atoms with E-state index in [1.165, 1.54) is 6.07 Å². The standard InChI is InChI=1S/C20H19FN2O4/c1-20(2,19(26)27)12-4-6-13(7-5-12)22-18(25)14-9-11-3-8-17(24)23-16(11)10-15(14)21/h4-7,9-10H,3,8H2,1-2H3,(H,22,25)(H,23,24)(H,26,27). The van der Waals surface area contributed by atoms with Crippen molar-refractivity contribution in [1.29, 1.82) is 0 Å². The van der Waals surface area contributed by atoms with Crippen LogP contribution >= 0.6 is 0 Å². The van der Waals surface area contributed by atoms with Gasteiger partial charge >= 0.3 is 5.97 Å². The molecule has 0 bridgehead atoms. The lowest BCUT2D eigenvalue weighted by molar-refractivity contribution is -0.142. The first kappa shape index (κ1) is 18.6. The number of hydrogen-bond donors (Lipinski definition) is 3. The molecule has 0 radical (unpaired) electrons. The Balaban J connectivity index is 1.80. The van der Waals surface area contributed by atoms with Gasteiger partial charge in [0.05, 0.1) is 11.0 Å². The zero-order chi connectivity index (χ0) is 19.8. The van der Waals surface area contributed by atoms with Crippen LogP contribution in [0.1, 0.15) is 41.8 Å². The number of hydrogen-bond acceptors (Lipinski definition) is 3. The molecule has 2 amide bonds. The average molecular weight is 370 g/mol. The topological polar surface area (TPSA) is 95.5 Å². The van der Waals surface area contributed by atoms with Gasteiger partial charge in [0.15, 0.2) is 0 Å². The van der Waals surface area contributed by atoms with Crippen molar-refractivity contribution >= 4 is 29.2 Å². The van der Waals surface area contributed by atoms with E-state index in [0.29, 0.717) is 35.3 Å². The molecule has 6 nitrogen and oxygen atoms in total. The van der Waals surface area contributed by atoms with E-state index in [4.69, 9.17) is 0 Å². The van der Waals surface area contributed by atoms with Gasteiger partial charge in [-0.25, -0.2) is 4.39 Å². The van der Waals surface area contributed by atoms with E-state index < -0.39 is 23.1 Å². The number of rotatable bonds is 4. The molecule has 1 aliphatic heterocycles. The minimum Gasteiger partial charge on any atom is -0.481 e. The number of carbonyl (C=O) groups excluding carboxylic acids is 2.